The van der Waals surface area contributed by atoms with Gasteiger partial charge < -0.3 is 10.6 Å². The number of anilines is 2. The van der Waals surface area contributed by atoms with Crippen LogP contribution in [0, 0.1) is 6.92 Å². The predicted octanol–water partition coefficient (Wildman–Crippen LogP) is 2.50. The van der Waals surface area contributed by atoms with E-state index >= 15 is 0 Å². The van der Waals surface area contributed by atoms with E-state index in [9.17, 15) is 0 Å². The summed E-state index contributed by atoms with van der Waals surface area (Å²) in [6, 6.07) is 6.30. The molecular formula is C15H25N3. The minimum atomic E-state index is 0.268. The Balaban J connectivity index is 2.08. The van der Waals surface area contributed by atoms with Gasteiger partial charge in [0, 0.05) is 31.7 Å². The molecule has 0 aromatic heterocycles. The first-order chi connectivity index (χ1) is 8.39. The zero-order chi connectivity index (χ0) is 13.3. The summed E-state index contributed by atoms with van der Waals surface area (Å²) in [7, 11) is 0. The van der Waals surface area contributed by atoms with Crippen molar-refractivity contribution in [3.63, 3.8) is 0 Å². The number of rotatable bonds is 1. The van der Waals surface area contributed by atoms with Crippen LogP contribution in [0.1, 0.15) is 26.3 Å². The van der Waals surface area contributed by atoms with Gasteiger partial charge in [-0.15, -0.1) is 0 Å². The van der Waals surface area contributed by atoms with Crippen LogP contribution in [0.4, 0.5) is 11.4 Å². The molecule has 2 N–H and O–H groups in total. The fraction of sp³-hybridized carbons (Fsp3) is 0.600. The van der Waals surface area contributed by atoms with Gasteiger partial charge in [-0.05, 0) is 39.3 Å². The van der Waals surface area contributed by atoms with Crippen LogP contribution < -0.4 is 10.6 Å². The van der Waals surface area contributed by atoms with Gasteiger partial charge in [0.05, 0.1) is 11.4 Å². The summed E-state index contributed by atoms with van der Waals surface area (Å²) in [6.07, 6.45) is 0. The van der Waals surface area contributed by atoms with E-state index in [0.717, 1.165) is 31.9 Å². The second-order valence-electron chi connectivity index (χ2n) is 6.15. The molecule has 1 heterocycles. The zero-order valence-corrected chi connectivity index (χ0v) is 12.0. The molecule has 0 radical (unpaired) electrons. The highest BCUT2D eigenvalue weighted by atomic mass is 15.3. The van der Waals surface area contributed by atoms with E-state index in [1.54, 1.807) is 0 Å². The summed E-state index contributed by atoms with van der Waals surface area (Å²) in [5.41, 5.74) is 9.75. The first-order valence-corrected chi connectivity index (χ1v) is 6.74. The molecular weight excluding hydrogens is 222 g/mol. The van der Waals surface area contributed by atoms with Crippen LogP contribution in [0.25, 0.3) is 0 Å². The number of nitrogens with two attached hydrogens (primary N) is 1. The average molecular weight is 247 g/mol. The monoisotopic (exact) mass is 247 g/mol. The van der Waals surface area contributed by atoms with Gasteiger partial charge >= 0.3 is 0 Å². The third-order valence-corrected chi connectivity index (χ3v) is 3.87. The normalized spacial score (nSPS) is 18.1. The summed E-state index contributed by atoms with van der Waals surface area (Å²) in [6.45, 7) is 13.3. The average Bonchev–Trinajstić information content (AvgIpc) is 2.32. The Labute approximate surface area is 111 Å². The molecule has 1 fully saturated rings. The standard InChI is InChI=1S/C15H25N3/c1-12-6-5-7-13(14(12)16)17-8-10-18(11-9-17)15(2,3)4/h5-7H,8-11,16H2,1-4H3. The van der Waals surface area contributed by atoms with Gasteiger partial charge in [-0.2, -0.15) is 0 Å². The molecule has 2 rings (SSSR count). The molecule has 0 spiro atoms. The van der Waals surface area contributed by atoms with Gasteiger partial charge in [0.2, 0.25) is 0 Å². The van der Waals surface area contributed by atoms with E-state index < -0.39 is 0 Å². The van der Waals surface area contributed by atoms with Crippen molar-refractivity contribution in [2.45, 2.75) is 33.2 Å². The largest absolute Gasteiger partial charge is 0.397 e. The number of benzene rings is 1. The Morgan fingerprint density at radius 3 is 2.22 bits per heavy atom. The molecule has 0 amide bonds. The third-order valence-electron chi connectivity index (χ3n) is 3.87. The van der Waals surface area contributed by atoms with Crippen LogP contribution >= 0.6 is 0 Å². The van der Waals surface area contributed by atoms with Crippen LogP contribution in [0.5, 0.6) is 0 Å². The van der Waals surface area contributed by atoms with Crippen molar-refractivity contribution < 1.29 is 0 Å². The number of para-hydroxylation sites is 1. The molecule has 1 aromatic rings. The van der Waals surface area contributed by atoms with Gasteiger partial charge in [-0.3, -0.25) is 4.90 Å². The van der Waals surface area contributed by atoms with Crippen LogP contribution in [-0.4, -0.2) is 36.6 Å². The lowest BCUT2D eigenvalue weighted by Gasteiger charge is -2.43. The number of hydrogen-bond donors (Lipinski definition) is 1. The molecule has 1 aliphatic rings. The summed E-state index contributed by atoms with van der Waals surface area (Å²) in [4.78, 5) is 4.94. The highest BCUT2D eigenvalue weighted by Crippen LogP contribution is 2.28. The molecule has 0 saturated carbocycles. The molecule has 0 unspecified atom stereocenters. The van der Waals surface area contributed by atoms with Crippen molar-refractivity contribution in [3.8, 4) is 0 Å². The lowest BCUT2D eigenvalue weighted by Crippen LogP contribution is -2.53. The second-order valence-corrected chi connectivity index (χ2v) is 6.15. The molecule has 18 heavy (non-hydrogen) atoms. The third kappa shape index (κ3) is 2.61. The maximum absolute atomic E-state index is 6.18. The van der Waals surface area contributed by atoms with Gasteiger partial charge in [0.15, 0.2) is 0 Å². The van der Waals surface area contributed by atoms with Crippen molar-refractivity contribution in [3.05, 3.63) is 23.8 Å². The highest BCUT2D eigenvalue weighted by Gasteiger charge is 2.26. The Bertz CT molecular complexity index is 412. The fourth-order valence-electron chi connectivity index (χ4n) is 2.56. The maximum Gasteiger partial charge on any atom is 0.0603 e. The van der Waals surface area contributed by atoms with Crippen LogP contribution in [0.15, 0.2) is 18.2 Å². The molecule has 0 atom stereocenters. The molecule has 1 aliphatic heterocycles. The van der Waals surface area contributed by atoms with E-state index in [0.29, 0.717) is 0 Å². The number of piperazine rings is 1. The maximum atomic E-state index is 6.18. The van der Waals surface area contributed by atoms with Gasteiger partial charge in [-0.25, -0.2) is 0 Å². The van der Waals surface area contributed by atoms with Crippen molar-refractivity contribution in [1.29, 1.82) is 0 Å². The van der Waals surface area contributed by atoms with Crippen molar-refractivity contribution in [1.82, 2.24) is 4.90 Å². The van der Waals surface area contributed by atoms with Crippen LogP contribution in [-0.2, 0) is 0 Å². The molecule has 0 bridgehead atoms. The van der Waals surface area contributed by atoms with E-state index in [-0.39, 0.29) is 5.54 Å². The van der Waals surface area contributed by atoms with Crippen molar-refractivity contribution in [2.24, 2.45) is 0 Å². The van der Waals surface area contributed by atoms with Gasteiger partial charge in [0.25, 0.3) is 0 Å². The summed E-state index contributed by atoms with van der Waals surface area (Å²) >= 11 is 0. The zero-order valence-electron chi connectivity index (χ0n) is 12.0. The van der Waals surface area contributed by atoms with Crippen molar-refractivity contribution in [2.75, 3.05) is 36.8 Å². The molecule has 0 aliphatic carbocycles. The smallest absolute Gasteiger partial charge is 0.0603 e. The molecule has 100 valence electrons. The highest BCUT2D eigenvalue weighted by molar-refractivity contribution is 5.71. The molecule has 1 saturated heterocycles. The van der Waals surface area contributed by atoms with Crippen LogP contribution in [0.2, 0.25) is 0 Å². The Hall–Kier alpha value is -1.22. The molecule has 1 aromatic carbocycles. The second kappa shape index (κ2) is 4.81. The Morgan fingerprint density at radius 1 is 1.06 bits per heavy atom. The first-order valence-electron chi connectivity index (χ1n) is 6.74. The van der Waals surface area contributed by atoms with E-state index in [2.05, 4.69) is 55.7 Å². The number of aryl methyl sites for hydroxylation is 1. The van der Waals surface area contributed by atoms with Crippen molar-refractivity contribution >= 4 is 11.4 Å². The summed E-state index contributed by atoms with van der Waals surface area (Å²) in [5.74, 6) is 0. The van der Waals surface area contributed by atoms with E-state index in [1.807, 2.05) is 0 Å². The lowest BCUT2D eigenvalue weighted by molar-refractivity contribution is 0.128. The predicted molar refractivity (Wildman–Crippen MR) is 79.1 cm³/mol. The first kappa shape index (κ1) is 13.2. The van der Waals surface area contributed by atoms with Gasteiger partial charge in [-0.1, -0.05) is 12.1 Å². The number of nitrogen functional groups attached to an aromatic ring is 1. The summed E-state index contributed by atoms with van der Waals surface area (Å²) < 4.78 is 0. The fourth-order valence-corrected chi connectivity index (χ4v) is 2.56. The minimum Gasteiger partial charge on any atom is -0.397 e. The Morgan fingerprint density at radius 2 is 1.67 bits per heavy atom. The van der Waals surface area contributed by atoms with Crippen LogP contribution in [0.3, 0.4) is 0 Å². The molecule has 3 heteroatoms. The summed E-state index contributed by atoms with van der Waals surface area (Å²) in [5, 5.41) is 0. The SMILES string of the molecule is Cc1cccc(N2CCN(C(C)(C)C)CC2)c1N. The van der Waals surface area contributed by atoms with E-state index in [1.165, 1.54) is 11.3 Å². The van der Waals surface area contributed by atoms with E-state index in [4.69, 9.17) is 5.73 Å². The quantitative estimate of drug-likeness (QED) is 0.774. The topological polar surface area (TPSA) is 32.5 Å². The number of hydrogen-bond acceptors (Lipinski definition) is 3. The minimum absolute atomic E-state index is 0.268. The van der Waals surface area contributed by atoms with Gasteiger partial charge in [0.1, 0.15) is 0 Å². The number of nitrogens with zero attached hydrogens (tertiary/aromatic N) is 2. The Kier molecular flexibility index (Phi) is 3.53. The lowest BCUT2D eigenvalue weighted by atomic mass is 10.0. The molecule has 3 nitrogen and oxygen atoms in total.